The molecule has 6 heteroatoms. The summed E-state index contributed by atoms with van der Waals surface area (Å²) in [7, 11) is 1.56. The molecule has 0 saturated heterocycles. The zero-order chi connectivity index (χ0) is 15.3. The lowest BCUT2D eigenvalue weighted by molar-refractivity contribution is -0.137. The normalized spacial score (nSPS) is 11.6. The van der Waals surface area contributed by atoms with Gasteiger partial charge < -0.3 is 10.6 Å². The quantitative estimate of drug-likeness (QED) is 0.870. The van der Waals surface area contributed by atoms with E-state index in [2.05, 4.69) is 10.6 Å². The second kappa shape index (κ2) is 6.63. The molecule has 0 aliphatic rings. The van der Waals surface area contributed by atoms with E-state index in [1.807, 2.05) is 13.8 Å². The van der Waals surface area contributed by atoms with Crippen molar-refractivity contribution in [1.29, 1.82) is 0 Å². The van der Waals surface area contributed by atoms with Crippen molar-refractivity contribution in [3.05, 3.63) is 29.3 Å². The monoisotopic (exact) mass is 288 g/mol. The molecule has 0 bridgehead atoms. The van der Waals surface area contributed by atoms with E-state index in [0.29, 0.717) is 18.2 Å². The van der Waals surface area contributed by atoms with Gasteiger partial charge in [0.2, 0.25) is 0 Å². The number of alkyl halides is 3. The van der Waals surface area contributed by atoms with Crippen LogP contribution in [0.1, 0.15) is 36.2 Å². The number of hydrogen-bond acceptors (Lipinski definition) is 2. The molecule has 0 radical (unpaired) electrons. The fraction of sp³-hybridized carbons (Fsp3) is 0.500. The van der Waals surface area contributed by atoms with Crippen molar-refractivity contribution in [3.8, 4) is 0 Å². The van der Waals surface area contributed by atoms with Crippen LogP contribution in [0.3, 0.4) is 0 Å². The Balaban J connectivity index is 2.93. The third-order valence-corrected chi connectivity index (χ3v) is 2.87. The second-order valence-corrected chi connectivity index (χ2v) is 4.95. The lowest BCUT2D eigenvalue weighted by Crippen LogP contribution is -2.26. The summed E-state index contributed by atoms with van der Waals surface area (Å²) in [6, 6.07) is 3.09. The standard InChI is InChI=1S/C14H19F3N2O/c1-9(2)6-7-19-13(20)11-8-10(14(15,16)17)4-5-12(11)18-3/h4-5,8-9,18H,6-7H2,1-3H3,(H,19,20). The maximum absolute atomic E-state index is 12.7. The van der Waals surface area contributed by atoms with Crippen LogP contribution in [0.2, 0.25) is 0 Å². The number of carbonyl (C=O) groups is 1. The molecule has 0 spiro atoms. The van der Waals surface area contributed by atoms with Crippen molar-refractivity contribution in [2.45, 2.75) is 26.4 Å². The molecule has 1 aromatic rings. The lowest BCUT2D eigenvalue weighted by Gasteiger charge is -2.14. The zero-order valence-electron chi connectivity index (χ0n) is 11.8. The van der Waals surface area contributed by atoms with Gasteiger partial charge in [-0.1, -0.05) is 13.8 Å². The number of amides is 1. The van der Waals surface area contributed by atoms with Crippen molar-refractivity contribution in [1.82, 2.24) is 5.32 Å². The van der Waals surface area contributed by atoms with E-state index in [9.17, 15) is 18.0 Å². The van der Waals surface area contributed by atoms with Gasteiger partial charge in [0.25, 0.3) is 5.91 Å². The number of rotatable bonds is 5. The van der Waals surface area contributed by atoms with Gasteiger partial charge in [-0.05, 0) is 30.5 Å². The van der Waals surface area contributed by atoms with Gasteiger partial charge >= 0.3 is 6.18 Å². The van der Waals surface area contributed by atoms with E-state index >= 15 is 0 Å². The molecule has 0 heterocycles. The Bertz CT molecular complexity index is 470. The van der Waals surface area contributed by atoms with Crippen molar-refractivity contribution in [2.24, 2.45) is 5.92 Å². The van der Waals surface area contributed by atoms with Crippen LogP contribution in [0.5, 0.6) is 0 Å². The van der Waals surface area contributed by atoms with Crippen molar-refractivity contribution in [2.75, 3.05) is 18.9 Å². The Labute approximate surface area is 116 Å². The highest BCUT2D eigenvalue weighted by molar-refractivity contribution is 5.99. The predicted molar refractivity (Wildman–Crippen MR) is 72.8 cm³/mol. The highest BCUT2D eigenvalue weighted by Gasteiger charge is 2.31. The lowest BCUT2D eigenvalue weighted by atomic mass is 10.1. The molecule has 1 aromatic carbocycles. The minimum absolute atomic E-state index is 0.00563. The minimum atomic E-state index is -4.46. The third kappa shape index (κ3) is 4.43. The summed E-state index contributed by atoms with van der Waals surface area (Å²) in [5.74, 6) is -0.0818. The molecular weight excluding hydrogens is 269 g/mol. The average Bonchev–Trinajstić information content (AvgIpc) is 2.36. The topological polar surface area (TPSA) is 41.1 Å². The smallest absolute Gasteiger partial charge is 0.387 e. The highest BCUT2D eigenvalue weighted by Crippen LogP contribution is 2.31. The first-order valence-corrected chi connectivity index (χ1v) is 6.43. The fourth-order valence-electron chi connectivity index (χ4n) is 1.70. The molecule has 112 valence electrons. The van der Waals surface area contributed by atoms with Crippen molar-refractivity contribution >= 4 is 11.6 Å². The summed E-state index contributed by atoms with van der Waals surface area (Å²) in [6.07, 6.45) is -3.68. The first-order chi connectivity index (χ1) is 9.25. The Hall–Kier alpha value is -1.72. The van der Waals surface area contributed by atoms with Crippen molar-refractivity contribution < 1.29 is 18.0 Å². The van der Waals surface area contributed by atoms with E-state index in [0.717, 1.165) is 18.6 Å². The third-order valence-electron chi connectivity index (χ3n) is 2.87. The average molecular weight is 288 g/mol. The summed E-state index contributed by atoms with van der Waals surface area (Å²) < 4.78 is 38.0. The van der Waals surface area contributed by atoms with Gasteiger partial charge in [-0.3, -0.25) is 4.79 Å². The van der Waals surface area contributed by atoms with Gasteiger partial charge in [0.1, 0.15) is 0 Å². The van der Waals surface area contributed by atoms with Crippen LogP contribution in [-0.4, -0.2) is 19.5 Å². The van der Waals surface area contributed by atoms with Gasteiger partial charge in [0.05, 0.1) is 11.1 Å². The number of carbonyl (C=O) groups excluding carboxylic acids is 1. The Morgan fingerprint density at radius 1 is 1.30 bits per heavy atom. The zero-order valence-corrected chi connectivity index (χ0v) is 11.8. The van der Waals surface area contributed by atoms with Gasteiger partial charge in [-0.25, -0.2) is 0 Å². The fourth-order valence-corrected chi connectivity index (χ4v) is 1.70. The summed E-state index contributed by atoms with van der Waals surface area (Å²) in [5, 5.41) is 5.36. The second-order valence-electron chi connectivity index (χ2n) is 4.95. The molecule has 0 unspecified atom stereocenters. The largest absolute Gasteiger partial charge is 0.416 e. The first kappa shape index (κ1) is 16.3. The Morgan fingerprint density at radius 3 is 2.45 bits per heavy atom. The van der Waals surface area contributed by atoms with E-state index in [1.54, 1.807) is 7.05 Å². The van der Waals surface area contributed by atoms with E-state index < -0.39 is 17.6 Å². The molecule has 2 N–H and O–H groups in total. The Kier molecular flexibility index (Phi) is 5.42. The molecule has 20 heavy (non-hydrogen) atoms. The van der Waals surface area contributed by atoms with E-state index in [1.165, 1.54) is 6.07 Å². The van der Waals surface area contributed by atoms with Crippen LogP contribution >= 0.6 is 0 Å². The summed E-state index contributed by atoms with van der Waals surface area (Å²) in [4.78, 5) is 12.0. The molecule has 0 fully saturated rings. The van der Waals surface area contributed by atoms with Gasteiger partial charge in [-0.15, -0.1) is 0 Å². The molecule has 3 nitrogen and oxygen atoms in total. The molecule has 0 aromatic heterocycles. The maximum Gasteiger partial charge on any atom is 0.416 e. The van der Waals surface area contributed by atoms with Crippen LogP contribution < -0.4 is 10.6 Å². The number of anilines is 1. The summed E-state index contributed by atoms with van der Waals surface area (Å²) in [5.41, 5.74) is -0.448. The van der Waals surface area contributed by atoms with Crippen LogP contribution in [0.25, 0.3) is 0 Å². The minimum Gasteiger partial charge on any atom is -0.387 e. The molecule has 0 aliphatic carbocycles. The number of nitrogens with one attached hydrogen (secondary N) is 2. The summed E-state index contributed by atoms with van der Waals surface area (Å²) >= 11 is 0. The van der Waals surface area contributed by atoms with Crippen LogP contribution in [0.4, 0.5) is 18.9 Å². The molecule has 0 aliphatic heterocycles. The maximum atomic E-state index is 12.7. The van der Waals surface area contributed by atoms with Gasteiger partial charge in [0, 0.05) is 19.3 Å². The highest BCUT2D eigenvalue weighted by atomic mass is 19.4. The molecule has 1 amide bonds. The van der Waals surface area contributed by atoms with Crippen molar-refractivity contribution in [3.63, 3.8) is 0 Å². The molecular formula is C14H19F3N2O. The molecule has 1 rings (SSSR count). The SMILES string of the molecule is CNc1ccc(C(F)(F)F)cc1C(=O)NCCC(C)C. The number of benzene rings is 1. The van der Waals surface area contributed by atoms with Crippen LogP contribution in [-0.2, 0) is 6.18 Å². The van der Waals surface area contributed by atoms with Crippen LogP contribution in [0.15, 0.2) is 18.2 Å². The molecule has 0 saturated carbocycles. The van der Waals surface area contributed by atoms with E-state index in [4.69, 9.17) is 0 Å². The van der Waals surface area contributed by atoms with E-state index in [-0.39, 0.29) is 5.56 Å². The number of halogens is 3. The number of hydrogen-bond donors (Lipinski definition) is 2. The predicted octanol–water partition coefficient (Wildman–Crippen LogP) is 3.52. The summed E-state index contributed by atoms with van der Waals surface area (Å²) in [6.45, 7) is 4.46. The van der Waals surface area contributed by atoms with Crippen LogP contribution in [0, 0.1) is 5.92 Å². The Morgan fingerprint density at radius 2 is 1.95 bits per heavy atom. The molecule has 0 atom stereocenters. The van der Waals surface area contributed by atoms with Gasteiger partial charge in [-0.2, -0.15) is 13.2 Å². The first-order valence-electron chi connectivity index (χ1n) is 6.43. The van der Waals surface area contributed by atoms with Gasteiger partial charge in [0.15, 0.2) is 0 Å².